The molecule has 0 bridgehead atoms. The van der Waals surface area contributed by atoms with Crippen molar-refractivity contribution >= 4 is 34.8 Å². The van der Waals surface area contributed by atoms with Gasteiger partial charge >= 0.3 is 18.0 Å². The van der Waals surface area contributed by atoms with E-state index >= 15 is 0 Å². The van der Waals surface area contributed by atoms with Gasteiger partial charge in [-0.15, -0.1) is 0 Å². The lowest BCUT2D eigenvalue weighted by Gasteiger charge is -2.30. The van der Waals surface area contributed by atoms with Crippen LogP contribution in [0.2, 0.25) is 10.0 Å². The minimum atomic E-state index is -6.24. The first-order chi connectivity index (χ1) is 18.7. The fraction of sp³-hybridized carbons (Fsp3) is 0.259. The molecule has 4 nitrogen and oxygen atoms in total. The summed E-state index contributed by atoms with van der Waals surface area (Å²) < 4.78 is 93.3. The smallest absolute Gasteiger partial charge is 0.372 e. The summed E-state index contributed by atoms with van der Waals surface area (Å²) in [6.45, 7) is -0.295. The summed E-state index contributed by atoms with van der Waals surface area (Å²) in [5.74, 6) is -0.577. The summed E-state index contributed by atoms with van der Waals surface area (Å²) in [4.78, 5) is 14.9. The first-order valence-corrected chi connectivity index (χ1v) is 12.3. The Balaban J connectivity index is 1.96. The van der Waals surface area contributed by atoms with Crippen molar-refractivity contribution in [2.45, 2.75) is 31.0 Å². The fourth-order valence-electron chi connectivity index (χ4n) is 3.87. The van der Waals surface area contributed by atoms with Gasteiger partial charge in [-0.05, 0) is 47.9 Å². The third-order valence-corrected chi connectivity index (χ3v) is 6.43. The molecular weight excluding hydrogens is 586 g/mol. The maximum atomic E-state index is 14.4. The molecule has 0 spiro atoms. The van der Waals surface area contributed by atoms with Gasteiger partial charge in [0.2, 0.25) is 0 Å². The Labute approximate surface area is 234 Å². The molecule has 0 radical (unpaired) electrons. The van der Waals surface area contributed by atoms with Crippen molar-refractivity contribution in [3.8, 4) is 6.07 Å². The molecule has 13 heteroatoms. The lowest BCUT2D eigenvalue weighted by molar-refractivity contribution is -0.348. The van der Waals surface area contributed by atoms with Crippen molar-refractivity contribution in [2.75, 3.05) is 18.4 Å². The molecule has 3 rings (SSSR count). The average molecular weight is 606 g/mol. The number of nitrogens with one attached hydrogen (secondary N) is 1. The van der Waals surface area contributed by atoms with E-state index in [0.29, 0.717) is 29.3 Å². The van der Waals surface area contributed by atoms with E-state index in [4.69, 9.17) is 28.5 Å². The molecule has 0 aromatic heterocycles. The van der Waals surface area contributed by atoms with Crippen molar-refractivity contribution in [2.24, 2.45) is 0 Å². The van der Waals surface area contributed by atoms with Crippen LogP contribution in [0.4, 0.5) is 36.4 Å². The van der Waals surface area contributed by atoms with Gasteiger partial charge in [0, 0.05) is 34.4 Å². The molecule has 0 heterocycles. The lowest BCUT2D eigenvalue weighted by atomic mass is 9.93. The highest BCUT2D eigenvalue weighted by Gasteiger charge is 2.73. The molecule has 40 heavy (non-hydrogen) atoms. The number of amides is 1. The van der Waals surface area contributed by atoms with Crippen LogP contribution >= 0.6 is 23.2 Å². The average Bonchev–Trinajstić information content (AvgIpc) is 2.89. The number of nitriles is 1. The van der Waals surface area contributed by atoms with E-state index in [-0.39, 0.29) is 35.8 Å². The molecule has 0 saturated heterocycles. The Morgan fingerprint density at radius 2 is 1.38 bits per heavy atom. The predicted octanol–water partition coefficient (Wildman–Crippen LogP) is 8.10. The van der Waals surface area contributed by atoms with E-state index in [0.717, 1.165) is 17.7 Å². The van der Waals surface area contributed by atoms with E-state index in [2.05, 4.69) is 5.32 Å². The Bertz CT molecular complexity index is 1360. The quantitative estimate of drug-likeness (QED) is 0.198. The maximum absolute atomic E-state index is 14.4. The summed E-state index contributed by atoms with van der Waals surface area (Å²) in [7, 11) is 0. The van der Waals surface area contributed by atoms with Gasteiger partial charge in [-0.3, -0.25) is 4.79 Å². The number of anilines is 1. The number of nitrogens with zero attached hydrogens (tertiary/aromatic N) is 2. The van der Waals surface area contributed by atoms with Gasteiger partial charge in [0.1, 0.15) is 6.54 Å². The number of carbonyl (C=O) groups is 1. The predicted molar refractivity (Wildman–Crippen MR) is 137 cm³/mol. The lowest BCUT2D eigenvalue weighted by Crippen LogP contribution is -2.50. The molecule has 1 N–H and O–H groups in total. The summed E-state index contributed by atoms with van der Waals surface area (Å²) in [5, 5.41) is 12.4. The van der Waals surface area contributed by atoms with Crippen LogP contribution in [0, 0.1) is 11.3 Å². The number of rotatable bonds is 9. The molecular formula is C27H20Cl2F7N3O. The zero-order valence-corrected chi connectivity index (χ0v) is 21.9. The molecule has 0 aliphatic heterocycles. The molecule has 0 unspecified atom stereocenters. The van der Waals surface area contributed by atoms with Crippen LogP contribution in [0.1, 0.15) is 27.0 Å². The van der Waals surface area contributed by atoms with E-state index in [1.165, 1.54) is 23.1 Å². The van der Waals surface area contributed by atoms with Crippen molar-refractivity contribution in [3.05, 3.63) is 99.0 Å². The Kier molecular flexibility index (Phi) is 9.59. The summed E-state index contributed by atoms with van der Waals surface area (Å²) in [5.41, 5.74) is -5.87. The van der Waals surface area contributed by atoms with Crippen molar-refractivity contribution < 1.29 is 35.5 Å². The van der Waals surface area contributed by atoms with Gasteiger partial charge in [-0.2, -0.15) is 31.6 Å². The van der Waals surface area contributed by atoms with Crippen LogP contribution in [0.5, 0.6) is 0 Å². The number of hydrogen-bond donors (Lipinski definition) is 1. The minimum absolute atomic E-state index is 0.0740. The molecule has 0 fully saturated rings. The van der Waals surface area contributed by atoms with Gasteiger partial charge in [-0.25, -0.2) is 4.39 Å². The van der Waals surface area contributed by atoms with Crippen molar-refractivity contribution in [3.63, 3.8) is 0 Å². The van der Waals surface area contributed by atoms with Gasteiger partial charge in [0.15, 0.2) is 0 Å². The van der Waals surface area contributed by atoms with Crippen LogP contribution in [0.25, 0.3) is 0 Å². The normalized spacial score (nSPS) is 12.1. The molecule has 0 saturated carbocycles. The molecule has 3 aromatic rings. The van der Waals surface area contributed by atoms with Crippen LogP contribution < -0.4 is 5.32 Å². The monoisotopic (exact) mass is 605 g/mol. The first-order valence-electron chi connectivity index (χ1n) is 11.5. The number of carbonyl (C=O) groups excluding carboxylic acids is 1. The molecule has 1 amide bonds. The Morgan fingerprint density at radius 1 is 0.825 bits per heavy atom. The van der Waals surface area contributed by atoms with Crippen LogP contribution in [-0.2, 0) is 18.6 Å². The molecule has 3 aromatic carbocycles. The third-order valence-electron chi connectivity index (χ3n) is 5.95. The highest BCUT2D eigenvalue weighted by atomic mass is 35.5. The van der Waals surface area contributed by atoms with E-state index in [1.54, 1.807) is 24.3 Å². The second-order valence-electron chi connectivity index (χ2n) is 8.66. The fourth-order valence-corrected chi connectivity index (χ4v) is 4.17. The number of benzene rings is 3. The van der Waals surface area contributed by atoms with Crippen LogP contribution in [-0.4, -0.2) is 36.2 Å². The number of alkyl halides is 7. The van der Waals surface area contributed by atoms with Crippen LogP contribution in [0.3, 0.4) is 0 Å². The van der Waals surface area contributed by atoms with E-state index in [1.807, 2.05) is 6.07 Å². The highest BCUT2D eigenvalue weighted by Crippen LogP contribution is 2.53. The molecule has 212 valence electrons. The zero-order valence-electron chi connectivity index (χ0n) is 20.4. The molecule has 0 atom stereocenters. The summed E-state index contributed by atoms with van der Waals surface area (Å²) >= 11 is 12.0. The van der Waals surface area contributed by atoms with E-state index < -0.39 is 29.5 Å². The second-order valence-corrected chi connectivity index (χ2v) is 9.53. The van der Waals surface area contributed by atoms with Crippen LogP contribution in [0.15, 0.2) is 66.7 Å². The highest BCUT2D eigenvalue weighted by molar-refractivity contribution is 6.31. The van der Waals surface area contributed by atoms with Gasteiger partial charge in [-0.1, -0.05) is 59.6 Å². The maximum Gasteiger partial charge on any atom is 0.435 e. The topological polar surface area (TPSA) is 56.1 Å². The minimum Gasteiger partial charge on any atom is -0.372 e. The number of halogens is 9. The van der Waals surface area contributed by atoms with Gasteiger partial charge in [0.25, 0.3) is 5.91 Å². The summed E-state index contributed by atoms with van der Waals surface area (Å²) in [6.07, 6.45) is -12.2. The first kappa shape index (κ1) is 31.0. The second kappa shape index (κ2) is 12.4. The van der Waals surface area contributed by atoms with Gasteiger partial charge < -0.3 is 10.2 Å². The van der Waals surface area contributed by atoms with Crippen molar-refractivity contribution in [1.82, 2.24) is 4.90 Å². The van der Waals surface area contributed by atoms with Gasteiger partial charge in [0.05, 0.1) is 11.6 Å². The molecule has 0 aliphatic carbocycles. The third kappa shape index (κ3) is 6.98. The number of hydrogen-bond acceptors (Lipinski definition) is 3. The standard InChI is InChI=1S/C27H20Cl2F7N3O/c28-20-7-3-17(4-8-20)11-14-39(24(40)22-15-21(29)9-10-23(22)38-13-12-37)16-18-1-5-19(6-2-18)25(30,26(31,32)33)27(34,35)36/h1-10,15,38H,11,13-14,16H2. The Morgan fingerprint density at radius 3 is 1.93 bits per heavy atom. The SMILES string of the molecule is N#CCNc1ccc(Cl)cc1C(=O)N(CCc1ccc(Cl)cc1)Cc1ccc(C(F)(C(F)(F)F)C(F)(F)F)cc1. The summed E-state index contributed by atoms with van der Waals surface area (Å²) in [6, 6.07) is 15.6. The van der Waals surface area contributed by atoms with E-state index in [9.17, 15) is 35.5 Å². The Hall–Kier alpha value is -3.49. The zero-order chi connectivity index (χ0) is 29.7. The van der Waals surface area contributed by atoms with Crippen molar-refractivity contribution in [1.29, 1.82) is 5.26 Å². The molecule has 0 aliphatic rings. The largest absolute Gasteiger partial charge is 0.435 e.